The number of nitrogens with zero attached hydrogens (tertiary/aromatic N) is 7. The molecule has 0 saturated carbocycles. The molecule has 2 aromatic carbocycles. The van der Waals surface area contributed by atoms with Gasteiger partial charge in [-0.05, 0) is 63.0 Å². The van der Waals surface area contributed by atoms with Crippen LogP contribution in [0.1, 0.15) is 19.0 Å². The second-order valence-electron chi connectivity index (χ2n) is 9.20. The van der Waals surface area contributed by atoms with E-state index < -0.39 is 0 Å². The Bertz CT molecular complexity index is 1350. The minimum absolute atomic E-state index is 0.516. The molecule has 5 rings (SSSR count). The van der Waals surface area contributed by atoms with Gasteiger partial charge in [-0.3, -0.25) is 9.88 Å². The fourth-order valence-corrected chi connectivity index (χ4v) is 4.78. The number of fused-ring (bicyclic) bond motifs is 1. The van der Waals surface area contributed by atoms with Crippen LogP contribution in [0.25, 0.3) is 33.4 Å². The van der Waals surface area contributed by atoms with Gasteiger partial charge in [-0.2, -0.15) is 4.80 Å². The van der Waals surface area contributed by atoms with Gasteiger partial charge in [0.15, 0.2) is 0 Å². The van der Waals surface area contributed by atoms with Crippen LogP contribution in [-0.4, -0.2) is 81.9 Å². The number of tetrazole rings is 1. The highest BCUT2D eigenvalue weighted by molar-refractivity contribution is 5.89. The lowest BCUT2D eigenvalue weighted by Gasteiger charge is -2.23. The second-order valence-corrected chi connectivity index (χ2v) is 9.20. The van der Waals surface area contributed by atoms with Gasteiger partial charge in [0.05, 0.1) is 37.5 Å². The number of benzene rings is 2. The highest BCUT2D eigenvalue weighted by Crippen LogP contribution is 2.43. The first kappa shape index (κ1) is 24.1. The Morgan fingerprint density at radius 2 is 1.81 bits per heavy atom. The Morgan fingerprint density at radius 3 is 2.58 bits per heavy atom. The molecule has 0 radical (unpaired) electrons. The summed E-state index contributed by atoms with van der Waals surface area (Å²) in [6.07, 6.45) is 1.15. The summed E-state index contributed by atoms with van der Waals surface area (Å²) in [5, 5.41) is 13.6. The van der Waals surface area contributed by atoms with Crippen molar-refractivity contribution in [3.8, 4) is 34.0 Å². The van der Waals surface area contributed by atoms with Crippen molar-refractivity contribution in [3.05, 3.63) is 48.2 Å². The molecule has 0 N–H and O–H groups in total. The molecule has 0 atom stereocenters. The highest BCUT2D eigenvalue weighted by atomic mass is 16.5. The number of hydrogen-bond donors (Lipinski definition) is 0. The molecule has 0 spiro atoms. The maximum atomic E-state index is 6.18. The maximum Gasteiger partial charge on any atom is 0.205 e. The van der Waals surface area contributed by atoms with Crippen LogP contribution in [0.3, 0.4) is 0 Å². The van der Waals surface area contributed by atoms with Gasteiger partial charge in [0, 0.05) is 36.1 Å². The molecule has 3 heterocycles. The van der Waals surface area contributed by atoms with Crippen molar-refractivity contribution in [2.45, 2.75) is 19.9 Å². The predicted octanol–water partition coefficient (Wildman–Crippen LogP) is 3.64. The van der Waals surface area contributed by atoms with Gasteiger partial charge < -0.3 is 14.4 Å². The summed E-state index contributed by atoms with van der Waals surface area (Å²) in [6.45, 7) is 7.49. The standard InChI is InChI=1S/C27H33N7O2/c1-5-36-25-17-20(27-29-31-33(3)30-27)16-24(35-4)26(25)21-15-19-9-6-7-10-22(19)28-23(21)18-34-12-8-11-32(2)13-14-34/h6-7,9-10,15-17H,5,8,11-14,18H2,1-4H3. The van der Waals surface area contributed by atoms with Crippen LogP contribution in [0.4, 0.5) is 0 Å². The van der Waals surface area contributed by atoms with Crippen LogP contribution < -0.4 is 9.47 Å². The van der Waals surface area contributed by atoms with Crippen molar-refractivity contribution < 1.29 is 9.47 Å². The minimum atomic E-state index is 0.516. The van der Waals surface area contributed by atoms with Crippen molar-refractivity contribution in [2.75, 3.05) is 46.9 Å². The van der Waals surface area contributed by atoms with Gasteiger partial charge in [-0.15, -0.1) is 10.2 Å². The molecule has 1 aliphatic heterocycles. The number of likely N-dealkylation sites (N-methyl/N-ethyl adjacent to an activating group) is 1. The summed E-state index contributed by atoms with van der Waals surface area (Å²) in [4.78, 5) is 11.5. The maximum absolute atomic E-state index is 6.18. The largest absolute Gasteiger partial charge is 0.496 e. The van der Waals surface area contributed by atoms with E-state index in [9.17, 15) is 0 Å². The normalized spacial score (nSPS) is 15.2. The first-order valence-corrected chi connectivity index (χ1v) is 12.4. The summed E-state index contributed by atoms with van der Waals surface area (Å²) in [5.74, 6) is 1.93. The SMILES string of the molecule is CCOc1cc(-c2nnn(C)n2)cc(OC)c1-c1cc2ccccc2nc1CN1CCCN(C)CC1. The molecule has 2 aromatic heterocycles. The lowest BCUT2D eigenvalue weighted by atomic mass is 9.97. The molecular formula is C27H33N7O2. The second kappa shape index (κ2) is 10.6. The molecule has 9 nitrogen and oxygen atoms in total. The van der Waals surface area contributed by atoms with Crippen LogP contribution in [0, 0.1) is 0 Å². The molecule has 36 heavy (non-hydrogen) atoms. The average molecular weight is 488 g/mol. The fourth-order valence-electron chi connectivity index (χ4n) is 4.78. The van der Waals surface area contributed by atoms with Crippen LogP contribution in [0.2, 0.25) is 0 Å². The third-order valence-electron chi connectivity index (χ3n) is 6.61. The van der Waals surface area contributed by atoms with Crippen molar-refractivity contribution in [3.63, 3.8) is 0 Å². The van der Waals surface area contributed by atoms with Crippen molar-refractivity contribution in [1.29, 1.82) is 0 Å². The Morgan fingerprint density at radius 1 is 0.972 bits per heavy atom. The van der Waals surface area contributed by atoms with E-state index in [1.54, 1.807) is 14.2 Å². The number of ether oxygens (including phenoxy) is 2. The summed E-state index contributed by atoms with van der Waals surface area (Å²) >= 11 is 0. The summed E-state index contributed by atoms with van der Waals surface area (Å²) < 4.78 is 12.1. The fraction of sp³-hybridized carbons (Fsp3) is 0.407. The molecule has 0 unspecified atom stereocenters. The van der Waals surface area contributed by atoms with E-state index in [0.29, 0.717) is 23.9 Å². The average Bonchev–Trinajstić information content (AvgIpc) is 3.22. The van der Waals surface area contributed by atoms with Crippen LogP contribution in [-0.2, 0) is 13.6 Å². The zero-order valence-electron chi connectivity index (χ0n) is 21.4. The monoisotopic (exact) mass is 487 g/mol. The zero-order chi connectivity index (χ0) is 25.1. The minimum Gasteiger partial charge on any atom is -0.496 e. The van der Waals surface area contributed by atoms with E-state index in [1.165, 1.54) is 4.80 Å². The van der Waals surface area contributed by atoms with Crippen LogP contribution in [0.5, 0.6) is 11.5 Å². The van der Waals surface area contributed by atoms with Crippen LogP contribution >= 0.6 is 0 Å². The number of rotatable bonds is 7. The van der Waals surface area contributed by atoms with Gasteiger partial charge >= 0.3 is 0 Å². The molecule has 0 bridgehead atoms. The van der Waals surface area contributed by atoms with Crippen molar-refractivity contribution in [2.24, 2.45) is 7.05 Å². The third kappa shape index (κ3) is 5.03. The van der Waals surface area contributed by atoms with E-state index in [4.69, 9.17) is 14.5 Å². The third-order valence-corrected chi connectivity index (χ3v) is 6.61. The molecule has 1 aliphatic rings. The van der Waals surface area contributed by atoms with E-state index in [-0.39, 0.29) is 0 Å². The molecule has 9 heteroatoms. The quantitative estimate of drug-likeness (QED) is 0.391. The lowest BCUT2D eigenvalue weighted by molar-refractivity contribution is 0.267. The summed E-state index contributed by atoms with van der Waals surface area (Å²) in [5.41, 5.74) is 4.71. The van der Waals surface area contributed by atoms with Gasteiger partial charge in [-0.1, -0.05) is 18.2 Å². The number of methoxy groups -OCH3 is 1. The predicted molar refractivity (Wildman–Crippen MR) is 140 cm³/mol. The zero-order valence-corrected chi connectivity index (χ0v) is 21.4. The molecule has 4 aromatic rings. The number of aryl methyl sites for hydroxylation is 1. The Hall–Kier alpha value is -3.56. The Balaban J connectivity index is 1.66. The number of aromatic nitrogens is 5. The van der Waals surface area contributed by atoms with Crippen molar-refractivity contribution in [1.82, 2.24) is 35.0 Å². The summed E-state index contributed by atoms with van der Waals surface area (Å²) in [6, 6.07) is 14.4. The first-order valence-electron chi connectivity index (χ1n) is 12.4. The van der Waals surface area contributed by atoms with E-state index in [1.807, 2.05) is 31.2 Å². The summed E-state index contributed by atoms with van der Waals surface area (Å²) in [7, 11) is 5.62. The van der Waals surface area contributed by atoms with E-state index >= 15 is 0 Å². The van der Waals surface area contributed by atoms with Crippen molar-refractivity contribution >= 4 is 10.9 Å². The molecule has 0 aliphatic carbocycles. The van der Waals surface area contributed by atoms with Crippen LogP contribution in [0.15, 0.2) is 42.5 Å². The molecule has 1 saturated heterocycles. The lowest BCUT2D eigenvalue weighted by Crippen LogP contribution is -2.29. The smallest absolute Gasteiger partial charge is 0.205 e. The molecule has 0 amide bonds. The van der Waals surface area contributed by atoms with Gasteiger partial charge in [0.1, 0.15) is 11.5 Å². The van der Waals surface area contributed by atoms with E-state index in [0.717, 1.165) is 72.4 Å². The van der Waals surface area contributed by atoms with E-state index in [2.05, 4.69) is 50.5 Å². The van der Waals surface area contributed by atoms with Gasteiger partial charge in [-0.25, -0.2) is 0 Å². The molecule has 188 valence electrons. The van der Waals surface area contributed by atoms with Gasteiger partial charge in [0.2, 0.25) is 5.82 Å². The Kier molecular flexibility index (Phi) is 7.11. The number of pyridine rings is 1. The molecular weight excluding hydrogens is 454 g/mol. The Labute approximate surface area is 211 Å². The first-order chi connectivity index (χ1) is 17.6. The number of para-hydroxylation sites is 1. The highest BCUT2D eigenvalue weighted by Gasteiger charge is 2.23. The topological polar surface area (TPSA) is 81.4 Å². The van der Waals surface area contributed by atoms with Gasteiger partial charge in [0.25, 0.3) is 0 Å². The molecule has 1 fully saturated rings. The number of hydrogen-bond acceptors (Lipinski definition) is 8.